The van der Waals surface area contributed by atoms with Gasteiger partial charge in [0.25, 0.3) is 0 Å². The first-order chi connectivity index (χ1) is 10.4. The maximum absolute atomic E-state index is 3.70. The van der Waals surface area contributed by atoms with Crippen LogP contribution in [0.2, 0.25) is 0 Å². The zero-order chi connectivity index (χ0) is 14.1. The van der Waals surface area contributed by atoms with Crippen molar-refractivity contribution < 1.29 is 0 Å². The lowest BCUT2D eigenvalue weighted by molar-refractivity contribution is 0.455. The van der Waals surface area contributed by atoms with Crippen molar-refractivity contribution in [1.29, 1.82) is 0 Å². The number of H-pyrrole nitrogens is 1. The number of para-hydroxylation sites is 1. The first-order valence-electron chi connectivity index (χ1n) is 7.76. The minimum atomic E-state index is 0.575. The number of aryl methyl sites for hydroxylation is 1. The molecule has 1 atom stereocenters. The van der Waals surface area contributed by atoms with Crippen LogP contribution < -0.4 is 5.32 Å². The predicted octanol–water partition coefficient (Wildman–Crippen LogP) is 3.82. The number of aromatic nitrogens is 1. The van der Waals surface area contributed by atoms with Gasteiger partial charge in [0.1, 0.15) is 0 Å². The number of rotatable bonds is 3. The summed E-state index contributed by atoms with van der Waals surface area (Å²) in [7, 11) is 0. The Balaban J connectivity index is 1.49. The first kappa shape index (κ1) is 12.7. The first-order valence-corrected chi connectivity index (χ1v) is 7.76. The van der Waals surface area contributed by atoms with E-state index in [-0.39, 0.29) is 0 Å². The third kappa shape index (κ3) is 2.47. The second kappa shape index (κ2) is 5.38. The van der Waals surface area contributed by atoms with Crippen molar-refractivity contribution in [2.24, 2.45) is 0 Å². The minimum absolute atomic E-state index is 0.575. The summed E-state index contributed by atoms with van der Waals surface area (Å²) in [4.78, 5) is 3.60. The number of aromatic amines is 1. The van der Waals surface area contributed by atoms with Crippen molar-refractivity contribution in [1.82, 2.24) is 10.3 Å². The van der Waals surface area contributed by atoms with E-state index in [9.17, 15) is 0 Å². The summed E-state index contributed by atoms with van der Waals surface area (Å²) in [6.07, 6.45) is 3.50. The second-order valence-electron chi connectivity index (χ2n) is 5.93. The van der Waals surface area contributed by atoms with E-state index in [0.29, 0.717) is 6.04 Å². The fourth-order valence-corrected chi connectivity index (χ4v) is 3.41. The summed E-state index contributed by atoms with van der Waals surface area (Å²) in [5.41, 5.74) is 5.60. The van der Waals surface area contributed by atoms with Gasteiger partial charge in [-0.3, -0.25) is 0 Å². The maximum atomic E-state index is 3.70. The fourth-order valence-electron chi connectivity index (χ4n) is 3.41. The molecular weight excluding hydrogens is 256 g/mol. The van der Waals surface area contributed by atoms with Crippen molar-refractivity contribution >= 4 is 10.9 Å². The number of fused-ring (bicyclic) bond motifs is 3. The van der Waals surface area contributed by atoms with Crippen LogP contribution >= 0.6 is 0 Å². The van der Waals surface area contributed by atoms with Gasteiger partial charge in [-0.25, -0.2) is 0 Å². The highest BCUT2D eigenvalue weighted by Crippen LogP contribution is 2.29. The summed E-state index contributed by atoms with van der Waals surface area (Å²) in [6, 6.07) is 19.9. The third-order valence-electron chi connectivity index (χ3n) is 4.53. The van der Waals surface area contributed by atoms with Crippen molar-refractivity contribution in [3.63, 3.8) is 0 Å². The molecule has 1 unspecified atom stereocenters. The minimum Gasteiger partial charge on any atom is -0.358 e. The topological polar surface area (TPSA) is 27.8 Å². The average molecular weight is 276 g/mol. The van der Waals surface area contributed by atoms with Gasteiger partial charge in [-0.05, 0) is 30.0 Å². The van der Waals surface area contributed by atoms with Crippen LogP contribution in [0.4, 0.5) is 0 Å². The lowest BCUT2D eigenvalue weighted by Gasteiger charge is -2.23. The molecule has 1 aliphatic carbocycles. The average Bonchev–Trinajstić information content (AvgIpc) is 2.91. The number of hydrogen-bond acceptors (Lipinski definition) is 1. The van der Waals surface area contributed by atoms with Crippen LogP contribution in [-0.4, -0.2) is 11.0 Å². The van der Waals surface area contributed by atoms with Crippen molar-refractivity contribution in [3.05, 3.63) is 71.4 Å². The van der Waals surface area contributed by atoms with Gasteiger partial charge in [-0.2, -0.15) is 0 Å². The van der Waals surface area contributed by atoms with E-state index in [0.717, 1.165) is 13.0 Å². The molecule has 0 saturated heterocycles. The maximum Gasteiger partial charge on any atom is 0.0458 e. The van der Waals surface area contributed by atoms with Crippen molar-refractivity contribution in [2.75, 3.05) is 0 Å². The molecular formula is C19H20N2. The molecule has 4 rings (SSSR count). The monoisotopic (exact) mass is 276 g/mol. The summed E-state index contributed by atoms with van der Waals surface area (Å²) in [5, 5.41) is 5.11. The predicted molar refractivity (Wildman–Crippen MR) is 87.4 cm³/mol. The van der Waals surface area contributed by atoms with Crippen LogP contribution in [0.15, 0.2) is 54.6 Å². The summed E-state index contributed by atoms with van der Waals surface area (Å²) in [6.45, 7) is 0.959. The van der Waals surface area contributed by atoms with Crippen LogP contribution in [-0.2, 0) is 19.4 Å². The van der Waals surface area contributed by atoms with E-state index in [4.69, 9.17) is 0 Å². The van der Waals surface area contributed by atoms with Gasteiger partial charge in [0.05, 0.1) is 0 Å². The van der Waals surface area contributed by atoms with E-state index in [1.807, 2.05) is 0 Å². The Morgan fingerprint density at radius 1 is 1.00 bits per heavy atom. The molecule has 21 heavy (non-hydrogen) atoms. The summed E-state index contributed by atoms with van der Waals surface area (Å²) >= 11 is 0. The largest absolute Gasteiger partial charge is 0.358 e. The summed E-state index contributed by atoms with van der Waals surface area (Å²) in [5.74, 6) is 0. The Kier molecular flexibility index (Phi) is 3.24. The van der Waals surface area contributed by atoms with Gasteiger partial charge in [-0.1, -0.05) is 48.5 Å². The van der Waals surface area contributed by atoms with Gasteiger partial charge < -0.3 is 10.3 Å². The van der Waals surface area contributed by atoms with Crippen LogP contribution in [0.5, 0.6) is 0 Å². The molecule has 0 fully saturated rings. The van der Waals surface area contributed by atoms with E-state index < -0.39 is 0 Å². The molecule has 0 bridgehead atoms. The Hall–Kier alpha value is -2.06. The van der Waals surface area contributed by atoms with Crippen molar-refractivity contribution in [3.8, 4) is 0 Å². The van der Waals surface area contributed by atoms with Crippen LogP contribution in [0.1, 0.15) is 23.2 Å². The van der Waals surface area contributed by atoms with Crippen molar-refractivity contribution in [2.45, 2.75) is 31.8 Å². The molecule has 1 heterocycles. The second-order valence-corrected chi connectivity index (χ2v) is 5.93. The van der Waals surface area contributed by atoms with E-state index in [1.54, 1.807) is 0 Å². The Labute approximate surface area is 125 Å². The highest BCUT2D eigenvalue weighted by atomic mass is 14.9. The van der Waals surface area contributed by atoms with Gasteiger partial charge in [-0.15, -0.1) is 0 Å². The molecule has 1 aliphatic rings. The van der Waals surface area contributed by atoms with Gasteiger partial charge in [0.15, 0.2) is 0 Å². The molecule has 1 aromatic heterocycles. The van der Waals surface area contributed by atoms with Crippen LogP contribution in [0, 0.1) is 0 Å². The Bertz CT molecular complexity index is 743. The quantitative estimate of drug-likeness (QED) is 0.748. The number of nitrogens with one attached hydrogen (secondary N) is 2. The highest BCUT2D eigenvalue weighted by Gasteiger charge is 2.21. The number of hydrogen-bond donors (Lipinski definition) is 2. The molecule has 0 aliphatic heterocycles. The van der Waals surface area contributed by atoms with Gasteiger partial charge in [0, 0.05) is 35.6 Å². The fraction of sp³-hybridized carbons (Fsp3) is 0.263. The standard InChI is InChI=1S/C19H20N2/c1-2-6-14(7-3-1)13-20-15-10-11-17-16-8-4-5-9-18(16)21-19(17)12-15/h1-9,15,20-21H,10-13H2. The molecule has 106 valence electrons. The van der Waals surface area contributed by atoms with E-state index in [1.165, 1.54) is 40.6 Å². The van der Waals surface area contributed by atoms with Gasteiger partial charge >= 0.3 is 0 Å². The normalized spacial score (nSPS) is 17.8. The molecule has 2 N–H and O–H groups in total. The third-order valence-corrected chi connectivity index (χ3v) is 4.53. The molecule has 2 heteroatoms. The zero-order valence-corrected chi connectivity index (χ0v) is 12.1. The zero-order valence-electron chi connectivity index (χ0n) is 12.1. The SMILES string of the molecule is c1ccc(CNC2CCc3c([nH]c4ccccc34)C2)cc1. The van der Waals surface area contributed by atoms with Crippen LogP contribution in [0.25, 0.3) is 10.9 Å². The molecule has 3 aromatic rings. The molecule has 0 saturated carbocycles. The van der Waals surface area contributed by atoms with Gasteiger partial charge in [0.2, 0.25) is 0 Å². The smallest absolute Gasteiger partial charge is 0.0458 e. The number of benzene rings is 2. The molecule has 0 radical (unpaired) electrons. The van der Waals surface area contributed by atoms with E-state index in [2.05, 4.69) is 64.9 Å². The molecule has 0 amide bonds. The highest BCUT2D eigenvalue weighted by molar-refractivity contribution is 5.84. The van der Waals surface area contributed by atoms with E-state index >= 15 is 0 Å². The van der Waals surface area contributed by atoms with Crippen LogP contribution in [0.3, 0.4) is 0 Å². The Morgan fingerprint density at radius 2 is 1.81 bits per heavy atom. The molecule has 2 nitrogen and oxygen atoms in total. The molecule has 2 aromatic carbocycles. The lowest BCUT2D eigenvalue weighted by atomic mass is 9.91. The summed E-state index contributed by atoms with van der Waals surface area (Å²) < 4.78 is 0. The Morgan fingerprint density at radius 3 is 2.71 bits per heavy atom. The molecule has 0 spiro atoms. The lowest BCUT2D eigenvalue weighted by Crippen LogP contribution is -2.34.